The molecule has 2 aromatic heterocycles. The van der Waals surface area contributed by atoms with Gasteiger partial charge in [-0.05, 0) is 38.5 Å². The molecule has 0 aliphatic rings. The molecule has 2 heterocycles. The van der Waals surface area contributed by atoms with Crippen LogP contribution in [0.5, 0.6) is 0 Å². The second kappa shape index (κ2) is 4.53. The molecule has 0 saturated carbocycles. The average Bonchev–Trinajstić information content (AvgIpc) is 2.55. The van der Waals surface area contributed by atoms with E-state index in [1.807, 2.05) is 32.9 Å². The maximum absolute atomic E-state index is 12.1. The van der Waals surface area contributed by atoms with Crippen molar-refractivity contribution in [3.63, 3.8) is 0 Å². The fourth-order valence-electron chi connectivity index (χ4n) is 1.89. The number of hydrogen-bond acceptors (Lipinski definition) is 3. The lowest BCUT2D eigenvalue weighted by Crippen LogP contribution is -2.26. The average molecular weight is 232 g/mol. The molecule has 0 spiro atoms. The first kappa shape index (κ1) is 11.6. The highest BCUT2D eigenvalue weighted by molar-refractivity contribution is 5.09. The van der Waals surface area contributed by atoms with Crippen molar-refractivity contribution in [3.8, 4) is 0 Å². The number of pyridine rings is 1. The molecular formula is C12H16N4O. The smallest absolute Gasteiger partial charge is 0.277 e. The number of nitrogens with zero attached hydrogens (tertiary/aromatic N) is 4. The fourth-order valence-corrected chi connectivity index (χ4v) is 1.89. The van der Waals surface area contributed by atoms with E-state index < -0.39 is 0 Å². The molecule has 0 fully saturated rings. The molecule has 2 aromatic rings. The van der Waals surface area contributed by atoms with E-state index in [-0.39, 0.29) is 11.7 Å². The van der Waals surface area contributed by atoms with E-state index >= 15 is 0 Å². The maximum atomic E-state index is 12.1. The van der Waals surface area contributed by atoms with E-state index in [2.05, 4.69) is 10.1 Å². The summed E-state index contributed by atoms with van der Waals surface area (Å²) in [5, 5.41) is 4.27. The second-order valence-electron chi connectivity index (χ2n) is 4.31. The van der Waals surface area contributed by atoms with Crippen molar-refractivity contribution >= 4 is 0 Å². The van der Waals surface area contributed by atoms with Crippen LogP contribution in [-0.2, 0) is 6.54 Å². The molecule has 0 bridgehead atoms. The third-order valence-corrected chi connectivity index (χ3v) is 2.64. The molecule has 0 saturated heterocycles. The molecule has 5 heteroatoms. The Labute approximate surface area is 99.7 Å². The molecule has 0 aromatic carbocycles. The van der Waals surface area contributed by atoms with Gasteiger partial charge in [-0.1, -0.05) is 0 Å². The van der Waals surface area contributed by atoms with Crippen LogP contribution < -0.4 is 5.69 Å². The topological polar surface area (TPSA) is 52.7 Å². The summed E-state index contributed by atoms with van der Waals surface area (Å²) in [6.45, 7) is 6.30. The Kier molecular flexibility index (Phi) is 3.08. The largest absolute Gasteiger partial charge is 0.346 e. The molecule has 0 aliphatic heterocycles. The van der Waals surface area contributed by atoms with Crippen LogP contribution in [0.15, 0.2) is 29.3 Å². The van der Waals surface area contributed by atoms with E-state index in [1.54, 1.807) is 17.0 Å². The van der Waals surface area contributed by atoms with Gasteiger partial charge in [0, 0.05) is 18.4 Å². The molecule has 0 atom stereocenters. The van der Waals surface area contributed by atoms with Crippen molar-refractivity contribution in [1.29, 1.82) is 0 Å². The van der Waals surface area contributed by atoms with Crippen molar-refractivity contribution < 1.29 is 0 Å². The monoisotopic (exact) mass is 232 g/mol. The highest BCUT2D eigenvalue weighted by Gasteiger charge is 2.12. The first-order valence-corrected chi connectivity index (χ1v) is 5.64. The van der Waals surface area contributed by atoms with Crippen LogP contribution in [0, 0.1) is 6.92 Å². The lowest BCUT2D eigenvalue weighted by Gasteiger charge is -2.05. The predicted molar refractivity (Wildman–Crippen MR) is 64.9 cm³/mol. The quantitative estimate of drug-likeness (QED) is 0.803. The Balaban J connectivity index is 2.36. The van der Waals surface area contributed by atoms with Gasteiger partial charge in [-0.15, -0.1) is 0 Å². The van der Waals surface area contributed by atoms with Crippen LogP contribution in [0.4, 0.5) is 0 Å². The minimum atomic E-state index is -0.0608. The molecule has 17 heavy (non-hydrogen) atoms. The van der Waals surface area contributed by atoms with Crippen LogP contribution in [0.1, 0.15) is 31.3 Å². The summed E-state index contributed by atoms with van der Waals surface area (Å²) >= 11 is 0. The lowest BCUT2D eigenvalue weighted by molar-refractivity contribution is 0.550. The van der Waals surface area contributed by atoms with Gasteiger partial charge in [-0.25, -0.2) is 9.48 Å². The Bertz CT molecular complexity index is 554. The zero-order chi connectivity index (χ0) is 12.4. The van der Waals surface area contributed by atoms with Gasteiger partial charge in [0.15, 0.2) is 0 Å². The van der Waals surface area contributed by atoms with Crippen LogP contribution in [0.3, 0.4) is 0 Å². The summed E-state index contributed by atoms with van der Waals surface area (Å²) in [6.07, 6.45) is 3.43. The minimum absolute atomic E-state index is 0.0608. The van der Waals surface area contributed by atoms with Gasteiger partial charge in [-0.2, -0.15) is 5.10 Å². The zero-order valence-corrected chi connectivity index (χ0v) is 10.3. The molecule has 0 unspecified atom stereocenters. The van der Waals surface area contributed by atoms with Gasteiger partial charge >= 0.3 is 5.69 Å². The van der Waals surface area contributed by atoms with Gasteiger partial charge < -0.3 is 0 Å². The second-order valence-corrected chi connectivity index (χ2v) is 4.31. The molecule has 5 nitrogen and oxygen atoms in total. The predicted octanol–water partition coefficient (Wildman–Crippen LogP) is 1.38. The normalized spacial score (nSPS) is 11.1. The van der Waals surface area contributed by atoms with Crippen LogP contribution in [-0.4, -0.2) is 19.3 Å². The molecule has 0 aliphatic carbocycles. The van der Waals surface area contributed by atoms with Crippen molar-refractivity contribution in [2.75, 3.05) is 0 Å². The maximum Gasteiger partial charge on any atom is 0.346 e. The number of rotatable bonds is 3. The Morgan fingerprint density at radius 3 is 2.47 bits per heavy atom. The first-order valence-electron chi connectivity index (χ1n) is 5.64. The third-order valence-electron chi connectivity index (χ3n) is 2.64. The van der Waals surface area contributed by atoms with Crippen LogP contribution >= 0.6 is 0 Å². The van der Waals surface area contributed by atoms with E-state index in [1.165, 1.54) is 4.68 Å². The Morgan fingerprint density at radius 1 is 1.29 bits per heavy atom. The van der Waals surface area contributed by atoms with Crippen molar-refractivity contribution in [2.24, 2.45) is 0 Å². The van der Waals surface area contributed by atoms with Crippen LogP contribution in [0.25, 0.3) is 0 Å². The molecule has 0 amide bonds. The van der Waals surface area contributed by atoms with Crippen molar-refractivity contribution in [2.45, 2.75) is 33.4 Å². The molecule has 0 radical (unpaired) electrons. The fraction of sp³-hybridized carbons (Fsp3) is 0.417. The SMILES string of the molecule is Cc1nn(Cc2ccncc2)c(=O)n1C(C)C. The highest BCUT2D eigenvalue weighted by Crippen LogP contribution is 2.04. The van der Waals surface area contributed by atoms with Crippen molar-refractivity contribution in [3.05, 3.63) is 46.4 Å². The van der Waals surface area contributed by atoms with Crippen LogP contribution in [0.2, 0.25) is 0 Å². The molecule has 2 rings (SSSR count). The van der Waals surface area contributed by atoms with Gasteiger partial charge in [0.1, 0.15) is 5.82 Å². The Hall–Kier alpha value is -1.91. The molecule has 0 N–H and O–H groups in total. The van der Waals surface area contributed by atoms with Gasteiger partial charge in [0.05, 0.1) is 6.54 Å². The number of aromatic nitrogens is 4. The summed E-state index contributed by atoms with van der Waals surface area (Å²) < 4.78 is 3.19. The summed E-state index contributed by atoms with van der Waals surface area (Å²) in [5.41, 5.74) is 0.963. The third kappa shape index (κ3) is 2.27. The summed E-state index contributed by atoms with van der Waals surface area (Å²) in [6, 6.07) is 3.90. The van der Waals surface area contributed by atoms with Gasteiger partial charge in [-0.3, -0.25) is 9.55 Å². The summed E-state index contributed by atoms with van der Waals surface area (Å²) in [5.74, 6) is 0.749. The standard InChI is InChI=1S/C12H16N4O/c1-9(2)16-10(3)14-15(12(16)17)8-11-4-6-13-7-5-11/h4-7,9H,8H2,1-3H3. The number of hydrogen-bond donors (Lipinski definition) is 0. The summed E-state index contributed by atoms with van der Waals surface area (Å²) in [7, 11) is 0. The first-order chi connectivity index (χ1) is 8.09. The van der Waals surface area contributed by atoms with Gasteiger partial charge in [0.25, 0.3) is 0 Å². The Morgan fingerprint density at radius 2 is 1.94 bits per heavy atom. The molecular weight excluding hydrogens is 216 g/mol. The summed E-state index contributed by atoms with van der Waals surface area (Å²) in [4.78, 5) is 16.0. The van der Waals surface area contributed by atoms with E-state index in [0.29, 0.717) is 6.54 Å². The lowest BCUT2D eigenvalue weighted by atomic mass is 10.3. The van der Waals surface area contributed by atoms with Gasteiger partial charge in [0.2, 0.25) is 0 Å². The van der Waals surface area contributed by atoms with Crippen molar-refractivity contribution in [1.82, 2.24) is 19.3 Å². The number of aryl methyl sites for hydroxylation is 1. The van der Waals surface area contributed by atoms with E-state index in [0.717, 1.165) is 11.4 Å². The highest BCUT2D eigenvalue weighted by atomic mass is 16.2. The molecule has 90 valence electrons. The van der Waals surface area contributed by atoms with E-state index in [9.17, 15) is 4.79 Å². The zero-order valence-electron chi connectivity index (χ0n) is 10.3. The van der Waals surface area contributed by atoms with E-state index in [4.69, 9.17) is 0 Å². The minimum Gasteiger partial charge on any atom is -0.277 e.